The number of hydrogen-bond acceptors (Lipinski definition) is 3. The number of aryl methyl sites for hydroxylation is 1. The molecule has 3 heteroatoms. The molecule has 96 valence electrons. The fourth-order valence-corrected chi connectivity index (χ4v) is 1.71. The van der Waals surface area contributed by atoms with Crippen molar-refractivity contribution in [2.24, 2.45) is 0 Å². The van der Waals surface area contributed by atoms with E-state index in [0.29, 0.717) is 13.2 Å². The number of likely N-dealkylation sites (N-methyl/N-ethyl adjacent to an activating group) is 1. The van der Waals surface area contributed by atoms with Gasteiger partial charge in [0.2, 0.25) is 0 Å². The first-order valence-electron chi connectivity index (χ1n) is 6.16. The van der Waals surface area contributed by atoms with E-state index in [4.69, 9.17) is 9.47 Å². The number of benzene rings is 1. The van der Waals surface area contributed by atoms with E-state index in [9.17, 15) is 0 Å². The quantitative estimate of drug-likeness (QED) is 0.648. The van der Waals surface area contributed by atoms with Crippen molar-refractivity contribution in [3.63, 3.8) is 0 Å². The van der Waals surface area contributed by atoms with Gasteiger partial charge in [-0.15, -0.1) is 0 Å². The second-order valence-corrected chi connectivity index (χ2v) is 4.02. The minimum atomic E-state index is 0.663. The lowest BCUT2D eigenvalue weighted by molar-refractivity contribution is 0.0741. The van der Waals surface area contributed by atoms with Crippen molar-refractivity contribution >= 4 is 5.69 Å². The Hall–Kier alpha value is -1.06. The van der Waals surface area contributed by atoms with Gasteiger partial charge in [0.25, 0.3) is 0 Å². The van der Waals surface area contributed by atoms with Crippen molar-refractivity contribution in [3.8, 4) is 0 Å². The van der Waals surface area contributed by atoms with Gasteiger partial charge >= 0.3 is 0 Å². The molecule has 0 unspecified atom stereocenters. The van der Waals surface area contributed by atoms with Gasteiger partial charge in [0, 0.05) is 25.9 Å². The third-order valence-electron chi connectivity index (χ3n) is 2.69. The molecule has 0 amide bonds. The first-order valence-corrected chi connectivity index (χ1v) is 6.16. The van der Waals surface area contributed by atoms with Crippen LogP contribution >= 0.6 is 0 Å². The van der Waals surface area contributed by atoms with Gasteiger partial charge in [-0.25, -0.2) is 0 Å². The Labute approximate surface area is 104 Å². The summed E-state index contributed by atoms with van der Waals surface area (Å²) in [6, 6.07) is 8.57. The van der Waals surface area contributed by atoms with Crippen LogP contribution in [0.5, 0.6) is 0 Å². The Morgan fingerprint density at radius 2 is 2.00 bits per heavy atom. The zero-order chi connectivity index (χ0) is 12.5. The third kappa shape index (κ3) is 5.20. The Morgan fingerprint density at radius 1 is 1.18 bits per heavy atom. The molecule has 0 N–H and O–H groups in total. The highest BCUT2D eigenvalue weighted by atomic mass is 16.5. The molecule has 0 spiro atoms. The number of rotatable bonds is 8. The zero-order valence-electron chi connectivity index (χ0n) is 11.1. The fraction of sp³-hybridized carbons (Fsp3) is 0.571. The summed E-state index contributed by atoms with van der Waals surface area (Å²) in [5.41, 5.74) is 2.56. The Kier molecular flexibility index (Phi) is 6.67. The van der Waals surface area contributed by atoms with E-state index in [1.54, 1.807) is 7.11 Å². The van der Waals surface area contributed by atoms with E-state index >= 15 is 0 Å². The molecule has 1 aromatic rings. The van der Waals surface area contributed by atoms with Crippen LogP contribution in [0.25, 0.3) is 0 Å². The normalized spacial score (nSPS) is 10.5. The molecule has 0 saturated carbocycles. The average molecular weight is 237 g/mol. The minimum absolute atomic E-state index is 0.663. The molecule has 1 rings (SSSR count). The lowest BCUT2D eigenvalue weighted by Crippen LogP contribution is -2.27. The maximum Gasteiger partial charge on any atom is 0.0701 e. The molecule has 17 heavy (non-hydrogen) atoms. The van der Waals surface area contributed by atoms with Crippen LogP contribution in [0.1, 0.15) is 12.5 Å². The van der Waals surface area contributed by atoms with Crippen molar-refractivity contribution in [2.45, 2.75) is 13.8 Å². The molecule has 0 radical (unpaired) electrons. The highest BCUT2D eigenvalue weighted by molar-refractivity contribution is 5.48. The monoisotopic (exact) mass is 237 g/mol. The second kappa shape index (κ2) is 8.09. The van der Waals surface area contributed by atoms with Crippen molar-refractivity contribution < 1.29 is 9.47 Å². The zero-order valence-corrected chi connectivity index (χ0v) is 11.1. The lowest BCUT2D eigenvalue weighted by atomic mass is 10.2. The Balaban J connectivity index is 2.38. The molecule has 0 atom stereocenters. The highest BCUT2D eigenvalue weighted by Crippen LogP contribution is 2.15. The van der Waals surface area contributed by atoms with Crippen molar-refractivity contribution in [1.82, 2.24) is 0 Å². The van der Waals surface area contributed by atoms with Crippen molar-refractivity contribution in [2.75, 3.05) is 44.9 Å². The van der Waals surface area contributed by atoms with Gasteiger partial charge in [-0.1, -0.05) is 12.1 Å². The minimum Gasteiger partial charge on any atom is -0.382 e. The van der Waals surface area contributed by atoms with Gasteiger partial charge in [0.1, 0.15) is 0 Å². The molecule has 0 saturated heterocycles. The second-order valence-electron chi connectivity index (χ2n) is 4.02. The average Bonchev–Trinajstić information content (AvgIpc) is 2.34. The summed E-state index contributed by atoms with van der Waals surface area (Å²) in [4.78, 5) is 2.32. The number of nitrogens with zero attached hydrogens (tertiary/aromatic N) is 1. The van der Waals surface area contributed by atoms with E-state index in [1.165, 1.54) is 11.3 Å². The summed E-state index contributed by atoms with van der Waals surface area (Å²) in [7, 11) is 1.69. The summed E-state index contributed by atoms with van der Waals surface area (Å²) in [5, 5.41) is 0. The molecule has 1 aromatic carbocycles. The molecule has 0 aliphatic heterocycles. The number of hydrogen-bond donors (Lipinski definition) is 0. The first-order chi connectivity index (χ1) is 8.27. The molecule has 0 aliphatic rings. The van der Waals surface area contributed by atoms with E-state index in [1.807, 2.05) is 0 Å². The molecule has 0 aromatic heterocycles. The summed E-state index contributed by atoms with van der Waals surface area (Å²) in [6.07, 6.45) is 0. The standard InChI is InChI=1S/C14H23NO2/c1-4-15(8-9-17-11-10-16-3)14-7-5-6-13(2)12-14/h5-7,12H,4,8-11H2,1-3H3. The van der Waals surface area contributed by atoms with Crippen molar-refractivity contribution in [3.05, 3.63) is 29.8 Å². The summed E-state index contributed by atoms with van der Waals surface area (Å²) >= 11 is 0. The summed E-state index contributed by atoms with van der Waals surface area (Å²) < 4.78 is 10.4. The van der Waals surface area contributed by atoms with E-state index in [-0.39, 0.29) is 0 Å². The third-order valence-corrected chi connectivity index (χ3v) is 2.69. The highest BCUT2D eigenvalue weighted by Gasteiger charge is 2.03. The number of ether oxygens (including phenoxy) is 2. The van der Waals surface area contributed by atoms with Gasteiger partial charge < -0.3 is 14.4 Å². The van der Waals surface area contributed by atoms with E-state index in [2.05, 4.69) is 43.0 Å². The predicted octanol–water partition coefficient (Wildman–Crippen LogP) is 2.48. The van der Waals surface area contributed by atoms with Crippen LogP contribution in [0.15, 0.2) is 24.3 Å². The van der Waals surface area contributed by atoms with Crippen LogP contribution < -0.4 is 4.90 Å². The largest absolute Gasteiger partial charge is 0.382 e. The van der Waals surface area contributed by atoms with E-state index < -0.39 is 0 Å². The maximum atomic E-state index is 5.49. The number of methoxy groups -OCH3 is 1. The van der Waals surface area contributed by atoms with Crippen LogP contribution in [0.3, 0.4) is 0 Å². The van der Waals surface area contributed by atoms with E-state index in [0.717, 1.165) is 19.7 Å². The molecule has 0 aliphatic carbocycles. The van der Waals surface area contributed by atoms with Crippen LogP contribution in [0.2, 0.25) is 0 Å². The SMILES string of the molecule is CCN(CCOCCOC)c1cccc(C)c1. The smallest absolute Gasteiger partial charge is 0.0701 e. The topological polar surface area (TPSA) is 21.7 Å². The fourth-order valence-electron chi connectivity index (χ4n) is 1.71. The van der Waals surface area contributed by atoms with Crippen LogP contribution in [-0.2, 0) is 9.47 Å². The van der Waals surface area contributed by atoms with Crippen molar-refractivity contribution in [1.29, 1.82) is 0 Å². The Bertz CT molecular complexity index is 315. The molecular weight excluding hydrogens is 214 g/mol. The molecular formula is C14H23NO2. The molecule has 0 fully saturated rings. The van der Waals surface area contributed by atoms with Gasteiger partial charge in [0.05, 0.1) is 19.8 Å². The van der Waals surface area contributed by atoms with Gasteiger partial charge in [0.15, 0.2) is 0 Å². The summed E-state index contributed by atoms with van der Waals surface area (Å²) in [5.74, 6) is 0. The molecule has 0 bridgehead atoms. The maximum absolute atomic E-state index is 5.49. The van der Waals surface area contributed by atoms with Crippen LogP contribution in [0, 0.1) is 6.92 Å². The lowest BCUT2D eigenvalue weighted by Gasteiger charge is -2.23. The Morgan fingerprint density at radius 3 is 2.65 bits per heavy atom. The van der Waals surface area contributed by atoms with Gasteiger partial charge in [-0.3, -0.25) is 0 Å². The van der Waals surface area contributed by atoms with Crippen LogP contribution in [-0.4, -0.2) is 40.0 Å². The molecule has 3 nitrogen and oxygen atoms in total. The number of anilines is 1. The van der Waals surface area contributed by atoms with Crippen LogP contribution in [0.4, 0.5) is 5.69 Å². The van der Waals surface area contributed by atoms with Gasteiger partial charge in [-0.05, 0) is 31.5 Å². The van der Waals surface area contributed by atoms with Gasteiger partial charge in [-0.2, -0.15) is 0 Å². The first kappa shape index (κ1) is 14.0. The summed E-state index contributed by atoms with van der Waals surface area (Å²) in [6.45, 7) is 8.27. The predicted molar refractivity (Wildman–Crippen MR) is 71.8 cm³/mol. The molecule has 0 heterocycles.